The van der Waals surface area contributed by atoms with Crippen molar-refractivity contribution in [1.29, 1.82) is 0 Å². The lowest BCUT2D eigenvalue weighted by atomic mass is 9.92. The second-order valence-electron chi connectivity index (χ2n) is 13.3. The molecule has 0 spiro atoms. The van der Waals surface area contributed by atoms with E-state index in [2.05, 4.69) is 33.9 Å². The van der Waals surface area contributed by atoms with Gasteiger partial charge in [0.05, 0.1) is 16.9 Å². The highest BCUT2D eigenvalue weighted by Crippen LogP contribution is 2.26. The number of amides is 2. The Balaban J connectivity index is 1.60. The fourth-order valence-electron chi connectivity index (χ4n) is 4.16. The van der Waals surface area contributed by atoms with Gasteiger partial charge < -0.3 is 25.7 Å². The normalized spacial score (nSPS) is 13.5. The summed E-state index contributed by atoms with van der Waals surface area (Å²) in [5.41, 5.74) is 6.57. The summed E-state index contributed by atoms with van der Waals surface area (Å²) in [7, 11) is 0. The molecular formula is C34H47N5O4S2. The van der Waals surface area contributed by atoms with Gasteiger partial charge in [-0.1, -0.05) is 30.3 Å². The minimum Gasteiger partial charge on any atom is -0.593 e. The number of alkyl carbamates (subject to hydrolysis) is 1. The molecule has 3 aromatic rings. The van der Waals surface area contributed by atoms with Crippen molar-refractivity contribution in [2.45, 2.75) is 100 Å². The molecule has 3 rings (SSSR count). The fraction of sp³-hybridized carbons (Fsp3) is 0.412. The lowest BCUT2D eigenvalue weighted by molar-refractivity contribution is -0.118. The number of hydrogen-bond acceptors (Lipinski definition) is 8. The molecular weight excluding hydrogens is 607 g/mol. The number of carbonyl (C=O) groups excluding carboxylic acids is 2. The van der Waals surface area contributed by atoms with Crippen LogP contribution in [0, 0.1) is 0 Å². The van der Waals surface area contributed by atoms with E-state index in [1.54, 1.807) is 24.3 Å². The number of nitrogens with one attached hydrogen (secondary N) is 4. The Morgan fingerprint density at radius 1 is 0.889 bits per heavy atom. The second-order valence-corrected chi connectivity index (χ2v) is 15.4. The van der Waals surface area contributed by atoms with Crippen molar-refractivity contribution in [3.8, 4) is 0 Å². The highest BCUT2D eigenvalue weighted by atomic mass is 32.2. The highest BCUT2D eigenvalue weighted by molar-refractivity contribution is 7.97. The van der Waals surface area contributed by atoms with Crippen molar-refractivity contribution < 1.29 is 18.9 Å². The first-order valence-electron chi connectivity index (χ1n) is 14.9. The molecule has 0 aliphatic carbocycles. The first-order chi connectivity index (χ1) is 21.0. The zero-order valence-electron chi connectivity index (χ0n) is 27.2. The van der Waals surface area contributed by atoms with Crippen LogP contribution in [0.3, 0.4) is 0 Å². The van der Waals surface area contributed by atoms with Gasteiger partial charge in [-0.3, -0.25) is 9.52 Å². The van der Waals surface area contributed by atoms with E-state index in [9.17, 15) is 14.1 Å². The molecule has 0 radical (unpaired) electrons. The first kappa shape index (κ1) is 36.3. The van der Waals surface area contributed by atoms with Gasteiger partial charge in [0.1, 0.15) is 11.6 Å². The summed E-state index contributed by atoms with van der Waals surface area (Å²) in [5.74, 6) is -0.389. The predicted molar refractivity (Wildman–Crippen MR) is 185 cm³/mol. The molecule has 0 heterocycles. The van der Waals surface area contributed by atoms with Gasteiger partial charge in [0.2, 0.25) is 5.91 Å². The second kappa shape index (κ2) is 15.9. The van der Waals surface area contributed by atoms with Crippen LogP contribution in [0.5, 0.6) is 0 Å². The van der Waals surface area contributed by atoms with Crippen LogP contribution in [0.15, 0.2) is 88.7 Å². The molecule has 0 aliphatic heterocycles. The molecule has 45 heavy (non-hydrogen) atoms. The van der Waals surface area contributed by atoms with E-state index in [1.165, 1.54) is 11.9 Å². The number of nitrogen functional groups attached to an aromatic ring is 1. The van der Waals surface area contributed by atoms with Crippen molar-refractivity contribution in [1.82, 2.24) is 14.8 Å². The average molecular weight is 654 g/mol. The molecule has 2 atom stereocenters. The van der Waals surface area contributed by atoms with Crippen molar-refractivity contribution in [3.05, 3.63) is 84.4 Å². The van der Waals surface area contributed by atoms with Gasteiger partial charge in [-0.2, -0.15) is 0 Å². The third kappa shape index (κ3) is 13.3. The van der Waals surface area contributed by atoms with Crippen LogP contribution in [0.1, 0.15) is 66.9 Å². The van der Waals surface area contributed by atoms with Gasteiger partial charge in [-0.05, 0) is 127 Å². The predicted octanol–water partition coefficient (Wildman–Crippen LogP) is 6.59. The molecule has 0 saturated heterocycles. The zero-order chi connectivity index (χ0) is 33.3. The summed E-state index contributed by atoms with van der Waals surface area (Å²) in [5, 5.41) is 5.66. The molecule has 2 unspecified atom stereocenters. The van der Waals surface area contributed by atoms with E-state index in [1.807, 2.05) is 89.2 Å². The third-order valence-electron chi connectivity index (χ3n) is 6.67. The number of nitrogens with two attached hydrogens (primary N) is 1. The zero-order valence-corrected chi connectivity index (χ0v) is 28.9. The summed E-state index contributed by atoms with van der Waals surface area (Å²) in [4.78, 5) is 28.2. The average Bonchev–Trinajstić information content (AvgIpc) is 2.95. The Kier molecular flexibility index (Phi) is 12.8. The molecule has 0 fully saturated rings. The highest BCUT2D eigenvalue weighted by Gasteiger charge is 2.30. The summed E-state index contributed by atoms with van der Waals surface area (Å²) >= 11 is 0.138. The van der Waals surface area contributed by atoms with Gasteiger partial charge in [0.15, 0.2) is 4.90 Å². The molecule has 0 aliphatic rings. The van der Waals surface area contributed by atoms with Gasteiger partial charge in [0.25, 0.3) is 0 Å². The Labute approximate surface area is 275 Å². The molecule has 11 heteroatoms. The molecule has 0 saturated carbocycles. The van der Waals surface area contributed by atoms with E-state index in [4.69, 9.17) is 10.5 Å². The SMILES string of the molecule is CC(C)(C)N[S+]([O-])c1ccc(NC(=O)C(Cc2ccccc2)NC(=O)OC(C)(C)CCC(C)(C)NSc2ccc(N)cc2)cc1. The molecule has 0 bridgehead atoms. The minimum absolute atomic E-state index is 0.246. The van der Waals surface area contributed by atoms with Crippen molar-refractivity contribution in [2.75, 3.05) is 11.1 Å². The van der Waals surface area contributed by atoms with Crippen LogP contribution in [0.2, 0.25) is 0 Å². The van der Waals surface area contributed by atoms with E-state index < -0.39 is 29.1 Å². The maximum atomic E-state index is 13.4. The largest absolute Gasteiger partial charge is 0.593 e. The van der Waals surface area contributed by atoms with Crippen LogP contribution in [-0.2, 0) is 27.3 Å². The minimum atomic E-state index is -1.39. The number of ether oxygens (including phenoxy) is 1. The first-order valence-corrected chi connectivity index (χ1v) is 16.9. The van der Waals surface area contributed by atoms with E-state index >= 15 is 0 Å². The van der Waals surface area contributed by atoms with Crippen LogP contribution in [0.4, 0.5) is 16.2 Å². The van der Waals surface area contributed by atoms with Gasteiger partial charge in [0, 0.05) is 28.2 Å². The van der Waals surface area contributed by atoms with Gasteiger partial charge in [-0.15, -0.1) is 4.72 Å². The fourth-order valence-corrected chi connectivity index (χ4v) is 5.98. The van der Waals surface area contributed by atoms with Crippen LogP contribution >= 0.6 is 11.9 Å². The topological polar surface area (TPSA) is 141 Å². The van der Waals surface area contributed by atoms with Crippen molar-refractivity contribution in [3.63, 3.8) is 0 Å². The van der Waals surface area contributed by atoms with Crippen LogP contribution < -0.4 is 25.8 Å². The number of benzene rings is 3. The Morgan fingerprint density at radius 2 is 1.51 bits per heavy atom. The number of anilines is 2. The lowest BCUT2D eigenvalue weighted by Crippen LogP contribution is -2.47. The van der Waals surface area contributed by atoms with E-state index in [0.717, 1.165) is 22.6 Å². The maximum Gasteiger partial charge on any atom is 0.408 e. The van der Waals surface area contributed by atoms with E-state index in [0.29, 0.717) is 17.0 Å². The molecule has 3 aromatic carbocycles. The number of rotatable bonds is 14. The Bertz CT molecular complexity index is 1380. The Hall–Kier alpha value is -3.22. The third-order valence-corrected chi connectivity index (χ3v) is 9.33. The van der Waals surface area contributed by atoms with Crippen LogP contribution in [-0.4, -0.2) is 39.3 Å². The van der Waals surface area contributed by atoms with Gasteiger partial charge >= 0.3 is 6.09 Å². The summed E-state index contributed by atoms with van der Waals surface area (Å²) in [6.45, 7) is 13.7. The van der Waals surface area contributed by atoms with Crippen LogP contribution in [0.25, 0.3) is 0 Å². The summed E-state index contributed by atoms with van der Waals surface area (Å²) in [6.07, 6.45) is 0.932. The number of hydrogen-bond donors (Lipinski definition) is 5. The quantitative estimate of drug-likeness (QED) is 0.0746. The van der Waals surface area contributed by atoms with Crippen molar-refractivity contribution in [2.24, 2.45) is 0 Å². The summed E-state index contributed by atoms with van der Waals surface area (Å²) in [6, 6.07) is 23.0. The molecule has 9 nitrogen and oxygen atoms in total. The monoisotopic (exact) mass is 653 g/mol. The van der Waals surface area contributed by atoms with Crippen molar-refractivity contribution >= 4 is 46.7 Å². The summed E-state index contributed by atoms with van der Waals surface area (Å²) < 4.78 is 24.9. The molecule has 6 N–H and O–H groups in total. The molecule has 244 valence electrons. The molecule has 2 amide bonds. The van der Waals surface area contributed by atoms with Gasteiger partial charge in [-0.25, -0.2) is 4.79 Å². The number of carbonyl (C=O) groups is 2. The Morgan fingerprint density at radius 3 is 2.11 bits per heavy atom. The smallest absolute Gasteiger partial charge is 0.408 e. The maximum absolute atomic E-state index is 13.4. The lowest BCUT2D eigenvalue weighted by Gasteiger charge is -2.32. The molecule has 0 aromatic heterocycles. The standard InChI is InChI=1S/C34H47N5O4S2/c1-32(2,3)39-45(42)28-19-15-26(16-20-28)36-30(40)29(23-24-11-9-8-10-12-24)37-31(41)43-34(6,7)22-21-33(4,5)38-44-27-17-13-25(35)14-18-27/h8-20,29,38-39H,21-23,35H2,1-7H3,(H,36,40)(H,37,41). The van der Waals surface area contributed by atoms with E-state index in [-0.39, 0.29) is 23.4 Å².